The van der Waals surface area contributed by atoms with E-state index in [1.165, 1.54) is 14.2 Å². The fraction of sp³-hybridized carbons (Fsp3) is 0.500. The number of methoxy groups -OCH3 is 4. The molecule has 1 aromatic rings. The zero-order valence-corrected chi connectivity index (χ0v) is 12.3. The molecule has 0 spiro atoms. The van der Waals surface area contributed by atoms with E-state index in [0.29, 0.717) is 23.8 Å². The Balaban J connectivity index is 3.19. The summed E-state index contributed by atoms with van der Waals surface area (Å²) < 4.78 is 20.5. The standard InChI is InChI=1S/C14H21NO5/c1-17-11-5-9(6-12(18-2)14(11)20-4)10(8-15)7-13(16)19-3/h5-6,10H,7-8,15H2,1-4H3. The first-order chi connectivity index (χ1) is 9.60. The lowest BCUT2D eigenvalue weighted by Gasteiger charge is -2.18. The monoisotopic (exact) mass is 283 g/mol. The van der Waals surface area contributed by atoms with Crippen LogP contribution in [0.1, 0.15) is 17.9 Å². The predicted octanol–water partition coefficient (Wildman–Crippen LogP) is 1.32. The molecule has 1 atom stereocenters. The summed E-state index contributed by atoms with van der Waals surface area (Å²) in [6.07, 6.45) is 0.200. The minimum absolute atomic E-state index is 0.170. The second kappa shape index (κ2) is 7.59. The smallest absolute Gasteiger partial charge is 0.306 e. The number of rotatable bonds is 7. The van der Waals surface area contributed by atoms with Gasteiger partial charge in [0.15, 0.2) is 11.5 Å². The van der Waals surface area contributed by atoms with Gasteiger partial charge in [0.1, 0.15) is 0 Å². The topological polar surface area (TPSA) is 80.0 Å². The van der Waals surface area contributed by atoms with Gasteiger partial charge in [-0.15, -0.1) is 0 Å². The van der Waals surface area contributed by atoms with Crippen molar-refractivity contribution >= 4 is 5.97 Å². The highest BCUT2D eigenvalue weighted by atomic mass is 16.5. The molecule has 0 aliphatic heterocycles. The molecule has 1 aromatic carbocycles. The van der Waals surface area contributed by atoms with Crippen LogP contribution in [-0.4, -0.2) is 41.0 Å². The summed E-state index contributed by atoms with van der Waals surface area (Å²) in [5.74, 6) is 1.09. The lowest BCUT2D eigenvalue weighted by atomic mass is 9.95. The number of ether oxygens (including phenoxy) is 4. The van der Waals surface area contributed by atoms with E-state index in [-0.39, 0.29) is 18.3 Å². The van der Waals surface area contributed by atoms with Crippen molar-refractivity contribution in [2.75, 3.05) is 35.0 Å². The van der Waals surface area contributed by atoms with Gasteiger partial charge in [0.2, 0.25) is 5.75 Å². The van der Waals surface area contributed by atoms with Crippen molar-refractivity contribution in [2.45, 2.75) is 12.3 Å². The maximum absolute atomic E-state index is 11.4. The summed E-state index contributed by atoms with van der Waals surface area (Å²) in [5, 5.41) is 0. The van der Waals surface area contributed by atoms with Crippen molar-refractivity contribution < 1.29 is 23.7 Å². The Morgan fingerprint density at radius 1 is 1.10 bits per heavy atom. The van der Waals surface area contributed by atoms with E-state index < -0.39 is 0 Å². The third-order valence-electron chi connectivity index (χ3n) is 3.08. The lowest BCUT2D eigenvalue weighted by Crippen LogP contribution is -2.17. The van der Waals surface area contributed by atoms with Gasteiger partial charge in [-0.05, 0) is 24.2 Å². The summed E-state index contributed by atoms with van der Waals surface area (Å²) in [4.78, 5) is 11.4. The van der Waals surface area contributed by atoms with Crippen LogP contribution in [0.4, 0.5) is 0 Å². The Bertz CT molecular complexity index is 436. The fourth-order valence-corrected chi connectivity index (χ4v) is 1.96. The van der Waals surface area contributed by atoms with Gasteiger partial charge in [-0.2, -0.15) is 0 Å². The van der Waals surface area contributed by atoms with Crippen molar-refractivity contribution in [2.24, 2.45) is 5.73 Å². The third kappa shape index (κ3) is 3.54. The molecule has 6 heteroatoms. The Kier molecular flexibility index (Phi) is 6.11. The molecule has 0 bridgehead atoms. The van der Waals surface area contributed by atoms with Crippen molar-refractivity contribution in [1.82, 2.24) is 0 Å². The van der Waals surface area contributed by atoms with Crippen LogP contribution < -0.4 is 19.9 Å². The SMILES string of the molecule is COC(=O)CC(CN)c1cc(OC)c(OC)c(OC)c1. The van der Waals surface area contributed by atoms with Crippen molar-refractivity contribution in [1.29, 1.82) is 0 Å². The van der Waals surface area contributed by atoms with Gasteiger partial charge in [-0.3, -0.25) is 4.79 Å². The second-order valence-electron chi connectivity index (χ2n) is 4.17. The van der Waals surface area contributed by atoms with E-state index in [9.17, 15) is 4.79 Å². The van der Waals surface area contributed by atoms with Crippen LogP contribution in [0.2, 0.25) is 0 Å². The molecule has 0 radical (unpaired) electrons. The van der Waals surface area contributed by atoms with E-state index in [0.717, 1.165) is 5.56 Å². The van der Waals surface area contributed by atoms with Gasteiger partial charge in [-0.1, -0.05) is 0 Å². The Hall–Kier alpha value is -1.95. The zero-order valence-electron chi connectivity index (χ0n) is 12.3. The molecule has 0 aliphatic rings. The highest BCUT2D eigenvalue weighted by Gasteiger charge is 2.20. The first-order valence-corrected chi connectivity index (χ1v) is 6.18. The molecular weight excluding hydrogens is 262 g/mol. The van der Waals surface area contributed by atoms with E-state index in [1.807, 2.05) is 0 Å². The molecule has 6 nitrogen and oxygen atoms in total. The molecule has 0 fully saturated rings. The van der Waals surface area contributed by atoms with Crippen LogP contribution >= 0.6 is 0 Å². The van der Waals surface area contributed by atoms with Gasteiger partial charge in [0.05, 0.1) is 34.9 Å². The van der Waals surface area contributed by atoms with Crippen LogP contribution in [0.15, 0.2) is 12.1 Å². The molecule has 2 N–H and O–H groups in total. The van der Waals surface area contributed by atoms with Gasteiger partial charge >= 0.3 is 5.97 Å². The molecule has 0 aliphatic carbocycles. The van der Waals surface area contributed by atoms with Crippen molar-refractivity contribution in [3.63, 3.8) is 0 Å². The number of nitrogens with two attached hydrogens (primary N) is 1. The Morgan fingerprint density at radius 3 is 2.00 bits per heavy atom. The highest BCUT2D eigenvalue weighted by Crippen LogP contribution is 2.40. The van der Waals surface area contributed by atoms with Gasteiger partial charge in [0.25, 0.3) is 0 Å². The van der Waals surface area contributed by atoms with E-state index >= 15 is 0 Å². The Labute approximate surface area is 118 Å². The average molecular weight is 283 g/mol. The minimum atomic E-state index is -0.311. The van der Waals surface area contributed by atoms with Crippen LogP contribution in [-0.2, 0) is 9.53 Å². The van der Waals surface area contributed by atoms with Crippen LogP contribution in [0, 0.1) is 0 Å². The number of hydrogen-bond donors (Lipinski definition) is 1. The number of carbonyl (C=O) groups excluding carboxylic acids is 1. The van der Waals surface area contributed by atoms with E-state index in [1.54, 1.807) is 26.4 Å². The quantitative estimate of drug-likeness (QED) is 0.760. The molecule has 0 amide bonds. The zero-order chi connectivity index (χ0) is 15.1. The third-order valence-corrected chi connectivity index (χ3v) is 3.08. The van der Waals surface area contributed by atoms with Gasteiger partial charge in [0, 0.05) is 5.92 Å². The number of esters is 1. The molecule has 0 aromatic heterocycles. The first-order valence-electron chi connectivity index (χ1n) is 6.18. The number of hydrogen-bond acceptors (Lipinski definition) is 6. The predicted molar refractivity (Wildman–Crippen MR) is 74.5 cm³/mol. The summed E-state index contributed by atoms with van der Waals surface area (Å²) in [7, 11) is 5.97. The van der Waals surface area contributed by atoms with Crippen LogP contribution in [0.5, 0.6) is 17.2 Å². The summed E-state index contributed by atoms with van der Waals surface area (Å²) in [5.41, 5.74) is 6.58. The highest BCUT2D eigenvalue weighted by molar-refractivity contribution is 5.70. The molecular formula is C14H21NO5. The van der Waals surface area contributed by atoms with Gasteiger partial charge in [-0.25, -0.2) is 0 Å². The molecule has 20 heavy (non-hydrogen) atoms. The number of carbonyl (C=O) groups is 1. The molecule has 1 rings (SSSR count). The van der Waals surface area contributed by atoms with Crippen LogP contribution in [0.3, 0.4) is 0 Å². The maximum Gasteiger partial charge on any atom is 0.306 e. The largest absolute Gasteiger partial charge is 0.493 e. The van der Waals surface area contributed by atoms with Gasteiger partial charge < -0.3 is 24.7 Å². The number of benzene rings is 1. The molecule has 112 valence electrons. The molecule has 0 heterocycles. The van der Waals surface area contributed by atoms with Crippen molar-refractivity contribution in [3.8, 4) is 17.2 Å². The molecule has 1 unspecified atom stereocenters. The van der Waals surface area contributed by atoms with Crippen LogP contribution in [0.25, 0.3) is 0 Å². The fourth-order valence-electron chi connectivity index (χ4n) is 1.96. The minimum Gasteiger partial charge on any atom is -0.493 e. The summed E-state index contributed by atoms with van der Waals surface area (Å²) >= 11 is 0. The second-order valence-corrected chi connectivity index (χ2v) is 4.17. The lowest BCUT2D eigenvalue weighted by molar-refractivity contribution is -0.141. The maximum atomic E-state index is 11.4. The first kappa shape index (κ1) is 16.1. The average Bonchev–Trinajstić information content (AvgIpc) is 2.50. The Morgan fingerprint density at radius 2 is 1.65 bits per heavy atom. The van der Waals surface area contributed by atoms with E-state index in [2.05, 4.69) is 4.74 Å². The summed E-state index contributed by atoms with van der Waals surface area (Å²) in [6, 6.07) is 3.59. The normalized spacial score (nSPS) is 11.7. The molecule has 0 saturated heterocycles. The molecule has 0 saturated carbocycles. The van der Waals surface area contributed by atoms with Crippen molar-refractivity contribution in [3.05, 3.63) is 17.7 Å². The van der Waals surface area contributed by atoms with E-state index in [4.69, 9.17) is 19.9 Å². The summed E-state index contributed by atoms with van der Waals surface area (Å²) in [6.45, 7) is 0.313.